The molecule has 0 saturated heterocycles. The molecule has 29 heavy (non-hydrogen) atoms. The molecule has 0 atom stereocenters. The lowest BCUT2D eigenvalue weighted by Gasteiger charge is -2.17. The summed E-state index contributed by atoms with van der Waals surface area (Å²) in [4.78, 5) is 4.10. The van der Waals surface area contributed by atoms with Gasteiger partial charge in [0.2, 0.25) is 0 Å². The second-order valence-corrected chi connectivity index (χ2v) is 7.11. The predicted molar refractivity (Wildman–Crippen MR) is 95.8 cm³/mol. The van der Waals surface area contributed by atoms with Crippen LogP contribution in [0, 0.1) is 11.6 Å². The minimum absolute atomic E-state index is 0.371. The lowest BCUT2D eigenvalue weighted by molar-refractivity contribution is -0.105. The van der Waals surface area contributed by atoms with Gasteiger partial charge in [-0.05, 0) is 35.9 Å². The zero-order chi connectivity index (χ0) is 21.2. The van der Waals surface area contributed by atoms with Crippen molar-refractivity contribution in [2.24, 2.45) is 0 Å². The molecule has 1 aromatic heterocycles. The first-order chi connectivity index (χ1) is 13.6. The first kappa shape index (κ1) is 21.2. The number of thioether (sulfide) groups is 1. The van der Waals surface area contributed by atoms with E-state index in [-0.39, 0.29) is 0 Å². The number of alkyl halides is 5. The number of nitrogens with zero attached hydrogens (tertiary/aromatic N) is 1. The Balaban J connectivity index is 1.79. The van der Waals surface area contributed by atoms with Crippen molar-refractivity contribution in [3.63, 3.8) is 0 Å². The van der Waals surface area contributed by atoms with Crippen molar-refractivity contribution < 1.29 is 30.7 Å². The Morgan fingerprint density at radius 2 is 1.45 bits per heavy atom. The summed E-state index contributed by atoms with van der Waals surface area (Å²) in [5.41, 5.74) is -0.692. The Morgan fingerprint density at radius 3 is 2.00 bits per heavy atom. The fourth-order valence-corrected chi connectivity index (χ4v) is 3.20. The Hall–Kier alpha value is -2.55. The van der Waals surface area contributed by atoms with Gasteiger partial charge in [0.15, 0.2) is 0 Å². The highest BCUT2D eigenvalue weighted by atomic mass is 32.2. The van der Waals surface area contributed by atoms with Crippen LogP contribution in [0.25, 0.3) is 11.1 Å². The van der Waals surface area contributed by atoms with Gasteiger partial charge in [0.25, 0.3) is 0 Å². The third-order valence-corrected chi connectivity index (χ3v) is 5.02. The number of benzene rings is 2. The van der Waals surface area contributed by atoms with Crippen molar-refractivity contribution in [1.29, 1.82) is 0 Å². The second-order valence-electron chi connectivity index (χ2n) is 6.06. The topological polar surface area (TPSA) is 12.9 Å². The summed E-state index contributed by atoms with van der Waals surface area (Å²) in [6.07, 6.45) is -3.12. The summed E-state index contributed by atoms with van der Waals surface area (Å²) in [5, 5.41) is 0. The van der Waals surface area contributed by atoms with Crippen LogP contribution < -0.4 is 0 Å². The molecule has 1 nitrogen and oxygen atoms in total. The normalized spacial score (nSPS) is 12.2. The molecule has 3 rings (SSSR count). The average molecular weight is 431 g/mol. The third kappa shape index (κ3) is 5.09. The molecule has 0 N–H and O–H groups in total. The lowest BCUT2D eigenvalue weighted by atomic mass is 10.0. The van der Waals surface area contributed by atoms with Crippen LogP contribution in [-0.4, -0.2) is 16.9 Å². The van der Waals surface area contributed by atoms with E-state index in [1.165, 1.54) is 18.2 Å². The number of halogens is 7. The maximum Gasteiger partial charge on any atom is 0.398 e. The van der Waals surface area contributed by atoms with Crippen LogP contribution in [0.2, 0.25) is 0 Å². The molecule has 0 saturated carbocycles. The van der Waals surface area contributed by atoms with E-state index in [9.17, 15) is 30.7 Å². The molecule has 0 radical (unpaired) electrons. The van der Waals surface area contributed by atoms with Crippen LogP contribution in [-0.2, 0) is 5.92 Å². The van der Waals surface area contributed by atoms with Gasteiger partial charge >= 0.3 is 12.1 Å². The van der Waals surface area contributed by atoms with Gasteiger partial charge in [0, 0.05) is 22.7 Å². The highest BCUT2D eigenvalue weighted by molar-refractivity contribution is 7.99. The maximum atomic E-state index is 14.5. The van der Waals surface area contributed by atoms with Crippen molar-refractivity contribution in [3.05, 3.63) is 83.7 Å². The molecule has 0 aliphatic heterocycles. The molecule has 2 aromatic carbocycles. The Labute approximate surface area is 165 Å². The van der Waals surface area contributed by atoms with E-state index in [0.717, 1.165) is 18.3 Å². The van der Waals surface area contributed by atoms with Gasteiger partial charge in [0.05, 0.1) is 11.3 Å². The van der Waals surface area contributed by atoms with E-state index >= 15 is 0 Å². The Morgan fingerprint density at radius 1 is 0.793 bits per heavy atom. The van der Waals surface area contributed by atoms with Crippen LogP contribution in [0.15, 0.2) is 65.7 Å². The molecule has 0 aliphatic carbocycles. The van der Waals surface area contributed by atoms with Crippen molar-refractivity contribution in [1.82, 2.24) is 4.98 Å². The van der Waals surface area contributed by atoms with Crippen molar-refractivity contribution in [2.45, 2.75) is 17.0 Å². The van der Waals surface area contributed by atoms with E-state index < -0.39 is 40.7 Å². The maximum absolute atomic E-state index is 14.5. The Bertz CT molecular complexity index is 983. The summed E-state index contributed by atoms with van der Waals surface area (Å²) in [6.45, 7) is 0. The molecular weight excluding hydrogens is 419 g/mol. The van der Waals surface area contributed by atoms with Crippen LogP contribution >= 0.6 is 11.8 Å². The van der Waals surface area contributed by atoms with Gasteiger partial charge in [-0.25, -0.2) is 8.78 Å². The molecule has 0 amide bonds. The number of pyridine rings is 1. The van der Waals surface area contributed by atoms with Crippen molar-refractivity contribution >= 4 is 11.8 Å². The molecule has 0 aliphatic rings. The highest BCUT2D eigenvalue weighted by Crippen LogP contribution is 2.37. The minimum atomic E-state index is -4.28. The highest BCUT2D eigenvalue weighted by Gasteiger charge is 2.38. The molecule has 0 unspecified atom stereocenters. The van der Waals surface area contributed by atoms with Gasteiger partial charge in [0.1, 0.15) is 17.3 Å². The van der Waals surface area contributed by atoms with Gasteiger partial charge in [-0.1, -0.05) is 18.2 Å². The quantitative estimate of drug-likeness (QED) is 0.325. The zero-order valence-electron chi connectivity index (χ0n) is 14.5. The predicted octanol–water partition coefficient (Wildman–Crippen LogP) is 6.82. The first-order valence-electron chi connectivity index (χ1n) is 8.16. The standard InChI is InChI=1S/C20H12F7NS/c21-14-4-7-16(17(22)9-14)20(26,27)18-8-3-13(10-28-18)12-1-5-15(6-2-12)29-11-19(23,24)25/h1-10H,11H2. The monoisotopic (exact) mass is 431 g/mol. The van der Waals surface area contributed by atoms with E-state index in [1.807, 2.05) is 0 Å². The molecule has 0 spiro atoms. The molecule has 152 valence electrons. The van der Waals surface area contributed by atoms with Gasteiger partial charge in [-0.2, -0.15) is 22.0 Å². The third-order valence-electron chi connectivity index (χ3n) is 3.94. The summed E-state index contributed by atoms with van der Waals surface area (Å²) in [6, 6.07) is 10.2. The number of hydrogen-bond acceptors (Lipinski definition) is 2. The number of aromatic nitrogens is 1. The summed E-state index contributed by atoms with van der Waals surface area (Å²) in [5.74, 6) is -7.14. The molecule has 0 bridgehead atoms. The molecular formula is C20H12F7NS. The van der Waals surface area contributed by atoms with Crippen LogP contribution in [0.4, 0.5) is 30.7 Å². The minimum Gasteiger partial charge on any atom is -0.254 e. The fourth-order valence-electron chi connectivity index (χ4n) is 2.54. The molecule has 3 aromatic rings. The smallest absolute Gasteiger partial charge is 0.254 e. The largest absolute Gasteiger partial charge is 0.398 e. The zero-order valence-corrected chi connectivity index (χ0v) is 15.3. The van der Waals surface area contributed by atoms with Crippen LogP contribution in [0.5, 0.6) is 0 Å². The van der Waals surface area contributed by atoms with Gasteiger partial charge in [-0.3, -0.25) is 4.98 Å². The van der Waals surface area contributed by atoms with E-state index in [2.05, 4.69) is 4.98 Å². The lowest BCUT2D eigenvalue weighted by Crippen LogP contribution is -2.19. The summed E-state index contributed by atoms with van der Waals surface area (Å²) >= 11 is 0.635. The van der Waals surface area contributed by atoms with E-state index in [0.29, 0.717) is 39.9 Å². The van der Waals surface area contributed by atoms with E-state index in [1.54, 1.807) is 12.1 Å². The molecule has 9 heteroatoms. The summed E-state index contributed by atoms with van der Waals surface area (Å²) < 4.78 is 92.5. The van der Waals surface area contributed by atoms with Gasteiger partial charge in [-0.15, -0.1) is 11.8 Å². The number of rotatable bonds is 5. The van der Waals surface area contributed by atoms with Crippen molar-refractivity contribution in [3.8, 4) is 11.1 Å². The second kappa shape index (κ2) is 8.06. The number of hydrogen-bond donors (Lipinski definition) is 0. The average Bonchev–Trinajstić information content (AvgIpc) is 2.66. The van der Waals surface area contributed by atoms with E-state index in [4.69, 9.17) is 0 Å². The Kier molecular flexibility index (Phi) is 5.88. The van der Waals surface area contributed by atoms with Crippen LogP contribution in [0.3, 0.4) is 0 Å². The first-order valence-corrected chi connectivity index (χ1v) is 9.15. The molecule has 0 fully saturated rings. The van der Waals surface area contributed by atoms with Crippen molar-refractivity contribution in [2.75, 3.05) is 5.75 Å². The SMILES string of the molecule is Fc1ccc(C(F)(F)c2ccc(-c3ccc(SCC(F)(F)F)cc3)cn2)c(F)c1. The fraction of sp³-hybridized carbons (Fsp3) is 0.150. The summed E-state index contributed by atoms with van der Waals surface area (Å²) in [7, 11) is 0. The van der Waals surface area contributed by atoms with Gasteiger partial charge < -0.3 is 0 Å². The van der Waals surface area contributed by atoms with Crippen LogP contribution in [0.1, 0.15) is 11.3 Å². The molecule has 1 heterocycles.